The zero-order valence-electron chi connectivity index (χ0n) is 8.83. The van der Waals surface area contributed by atoms with Crippen LogP contribution in [0, 0.1) is 19.8 Å². The van der Waals surface area contributed by atoms with E-state index in [1.807, 2.05) is 19.9 Å². The second-order valence-electron chi connectivity index (χ2n) is 4.25. The molecule has 0 saturated heterocycles. The zero-order chi connectivity index (χ0) is 10.1. The van der Waals surface area contributed by atoms with Crippen LogP contribution in [-0.4, -0.2) is 16.0 Å². The molecule has 0 amide bonds. The maximum atomic E-state index is 6.05. The average molecular weight is 191 g/mol. The van der Waals surface area contributed by atoms with Crippen LogP contribution < -0.4 is 5.73 Å². The normalized spacial score (nSPS) is 18.2. The maximum Gasteiger partial charge on any atom is 0.125 e. The lowest BCUT2D eigenvalue weighted by atomic mass is 10.1. The summed E-state index contributed by atoms with van der Waals surface area (Å²) in [6.45, 7) is 3.93. The summed E-state index contributed by atoms with van der Waals surface area (Å²) < 4.78 is 0. The Balaban J connectivity index is 2.07. The lowest BCUT2D eigenvalue weighted by Gasteiger charge is -2.10. The molecule has 0 aromatic carbocycles. The molecule has 1 unspecified atom stereocenters. The van der Waals surface area contributed by atoms with E-state index in [2.05, 4.69) is 9.97 Å². The predicted octanol–water partition coefficient (Wildman–Crippen LogP) is 1.37. The molecular formula is C11H17N3. The first kappa shape index (κ1) is 9.59. The van der Waals surface area contributed by atoms with Gasteiger partial charge in [-0.05, 0) is 38.7 Å². The van der Waals surface area contributed by atoms with Crippen molar-refractivity contribution in [3.8, 4) is 0 Å². The Morgan fingerprint density at radius 2 is 2.14 bits per heavy atom. The lowest BCUT2D eigenvalue weighted by molar-refractivity contribution is 0.582. The van der Waals surface area contributed by atoms with E-state index in [1.165, 1.54) is 12.8 Å². The van der Waals surface area contributed by atoms with Crippen LogP contribution in [0.1, 0.15) is 30.1 Å². The summed E-state index contributed by atoms with van der Waals surface area (Å²) in [7, 11) is 0. The van der Waals surface area contributed by atoms with E-state index in [-0.39, 0.29) is 0 Å². The van der Waals surface area contributed by atoms with Crippen molar-refractivity contribution in [2.45, 2.75) is 39.2 Å². The number of nitrogens with two attached hydrogens (primary N) is 1. The second-order valence-corrected chi connectivity index (χ2v) is 4.25. The van der Waals surface area contributed by atoms with Crippen molar-refractivity contribution in [3.05, 3.63) is 23.3 Å². The standard InChI is InChI=1S/C11H17N3/c1-7-5-10(14-8(2)13-7)6-11(12)9-3-4-9/h5,9,11H,3-4,6,12H2,1-2H3. The monoisotopic (exact) mass is 191 g/mol. The van der Waals surface area contributed by atoms with Crippen LogP contribution in [0.5, 0.6) is 0 Å². The van der Waals surface area contributed by atoms with E-state index in [4.69, 9.17) is 5.73 Å². The molecule has 1 aromatic heterocycles. The second kappa shape index (κ2) is 3.65. The van der Waals surface area contributed by atoms with Crippen LogP contribution in [0.25, 0.3) is 0 Å². The molecule has 1 aromatic rings. The molecule has 3 nitrogen and oxygen atoms in total. The first-order chi connectivity index (χ1) is 6.65. The Kier molecular flexibility index (Phi) is 2.50. The van der Waals surface area contributed by atoms with Gasteiger partial charge in [0.2, 0.25) is 0 Å². The van der Waals surface area contributed by atoms with Crippen LogP contribution in [-0.2, 0) is 6.42 Å². The number of nitrogens with zero attached hydrogens (tertiary/aromatic N) is 2. The third-order valence-corrected chi connectivity index (χ3v) is 2.69. The molecule has 14 heavy (non-hydrogen) atoms. The summed E-state index contributed by atoms with van der Waals surface area (Å²) in [4.78, 5) is 8.64. The number of hydrogen-bond donors (Lipinski definition) is 1. The van der Waals surface area contributed by atoms with Gasteiger partial charge in [-0.1, -0.05) is 0 Å². The highest BCUT2D eigenvalue weighted by Crippen LogP contribution is 2.32. The molecule has 0 radical (unpaired) electrons. The molecule has 1 aliphatic carbocycles. The third kappa shape index (κ3) is 2.29. The molecular weight excluding hydrogens is 174 g/mol. The minimum Gasteiger partial charge on any atom is -0.327 e. The molecule has 1 heterocycles. The Bertz CT molecular complexity index is 311. The van der Waals surface area contributed by atoms with E-state index in [0.717, 1.165) is 29.6 Å². The van der Waals surface area contributed by atoms with Crippen molar-refractivity contribution >= 4 is 0 Å². The van der Waals surface area contributed by atoms with Gasteiger partial charge in [-0.15, -0.1) is 0 Å². The molecule has 3 heteroatoms. The molecule has 0 bridgehead atoms. The van der Waals surface area contributed by atoms with Crippen LogP contribution in [0.15, 0.2) is 6.07 Å². The minimum atomic E-state index is 0.295. The first-order valence-electron chi connectivity index (χ1n) is 5.22. The van der Waals surface area contributed by atoms with E-state index in [1.54, 1.807) is 0 Å². The molecule has 0 aliphatic heterocycles. The van der Waals surface area contributed by atoms with Crippen molar-refractivity contribution in [1.29, 1.82) is 0 Å². The van der Waals surface area contributed by atoms with Crippen molar-refractivity contribution in [1.82, 2.24) is 9.97 Å². The van der Waals surface area contributed by atoms with E-state index in [0.29, 0.717) is 6.04 Å². The smallest absolute Gasteiger partial charge is 0.125 e. The largest absolute Gasteiger partial charge is 0.327 e. The van der Waals surface area contributed by atoms with Crippen LogP contribution in [0.3, 0.4) is 0 Å². The van der Waals surface area contributed by atoms with Gasteiger partial charge < -0.3 is 5.73 Å². The van der Waals surface area contributed by atoms with Gasteiger partial charge in [0.1, 0.15) is 5.82 Å². The predicted molar refractivity (Wildman–Crippen MR) is 55.9 cm³/mol. The average Bonchev–Trinajstić information content (AvgIpc) is 2.82. The number of aromatic nitrogens is 2. The molecule has 1 fully saturated rings. The highest BCUT2D eigenvalue weighted by molar-refractivity contribution is 5.11. The fraction of sp³-hybridized carbons (Fsp3) is 0.636. The Hall–Kier alpha value is -0.960. The van der Waals surface area contributed by atoms with Gasteiger partial charge in [-0.2, -0.15) is 0 Å². The molecule has 2 N–H and O–H groups in total. The van der Waals surface area contributed by atoms with Gasteiger partial charge in [-0.25, -0.2) is 9.97 Å². The van der Waals surface area contributed by atoms with Gasteiger partial charge in [0, 0.05) is 23.9 Å². The van der Waals surface area contributed by atoms with E-state index >= 15 is 0 Å². The number of hydrogen-bond acceptors (Lipinski definition) is 3. The lowest BCUT2D eigenvalue weighted by Crippen LogP contribution is -2.25. The Morgan fingerprint density at radius 1 is 1.43 bits per heavy atom. The summed E-state index contributed by atoms with van der Waals surface area (Å²) in [6, 6.07) is 2.33. The summed E-state index contributed by atoms with van der Waals surface area (Å²) in [6.07, 6.45) is 3.49. The van der Waals surface area contributed by atoms with Gasteiger partial charge >= 0.3 is 0 Å². The minimum absolute atomic E-state index is 0.295. The fourth-order valence-electron chi connectivity index (χ4n) is 1.83. The molecule has 2 rings (SSSR count). The van der Waals surface area contributed by atoms with Crippen molar-refractivity contribution in [2.24, 2.45) is 11.7 Å². The quantitative estimate of drug-likeness (QED) is 0.785. The number of rotatable bonds is 3. The summed E-state index contributed by atoms with van der Waals surface area (Å²) in [5.41, 5.74) is 8.18. The molecule has 1 atom stereocenters. The Labute approximate surface area is 84.8 Å². The van der Waals surface area contributed by atoms with Gasteiger partial charge in [0.05, 0.1) is 0 Å². The van der Waals surface area contributed by atoms with Crippen molar-refractivity contribution < 1.29 is 0 Å². The SMILES string of the molecule is Cc1cc(CC(N)C2CC2)nc(C)n1. The van der Waals surface area contributed by atoms with E-state index < -0.39 is 0 Å². The summed E-state index contributed by atoms with van der Waals surface area (Å²) in [5.74, 6) is 1.59. The maximum absolute atomic E-state index is 6.05. The third-order valence-electron chi connectivity index (χ3n) is 2.69. The molecule has 1 saturated carbocycles. The molecule has 1 aliphatic rings. The van der Waals surface area contributed by atoms with Gasteiger partial charge in [0.15, 0.2) is 0 Å². The van der Waals surface area contributed by atoms with Gasteiger partial charge in [-0.3, -0.25) is 0 Å². The molecule has 76 valence electrons. The van der Waals surface area contributed by atoms with E-state index in [9.17, 15) is 0 Å². The first-order valence-corrected chi connectivity index (χ1v) is 5.22. The highest BCUT2D eigenvalue weighted by Gasteiger charge is 2.28. The topological polar surface area (TPSA) is 51.8 Å². The van der Waals surface area contributed by atoms with Gasteiger partial charge in [0.25, 0.3) is 0 Å². The summed E-state index contributed by atoms with van der Waals surface area (Å²) in [5, 5.41) is 0. The molecule has 0 spiro atoms. The Morgan fingerprint density at radius 3 is 2.71 bits per heavy atom. The van der Waals surface area contributed by atoms with Crippen LogP contribution in [0.2, 0.25) is 0 Å². The van der Waals surface area contributed by atoms with Crippen molar-refractivity contribution in [3.63, 3.8) is 0 Å². The van der Waals surface area contributed by atoms with Crippen LogP contribution in [0.4, 0.5) is 0 Å². The number of aryl methyl sites for hydroxylation is 2. The zero-order valence-corrected chi connectivity index (χ0v) is 8.83. The highest BCUT2D eigenvalue weighted by atomic mass is 14.9. The summed E-state index contributed by atoms with van der Waals surface area (Å²) >= 11 is 0. The van der Waals surface area contributed by atoms with Crippen molar-refractivity contribution in [2.75, 3.05) is 0 Å². The van der Waals surface area contributed by atoms with Crippen LogP contribution >= 0.6 is 0 Å². The fourth-order valence-corrected chi connectivity index (χ4v) is 1.83.